The number of carboxylic acids is 1. The first kappa shape index (κ1) is 16.3. The van der Waals surface area contributed by atoms with Crippen molar-refractivity contribution in [1.82, 2.24) is 5.32 Å². The van der Waals surface area contributed by atoms with Gasteiger partial charge in [-0.3, -0.25) is 10.1 Å². The number of carboxylic acid groups (broad SMARTS) is 1. The zero-order chi connectivity index (χ0) is 15.2. The molecule has 0 bridgehead atoms. The summed E-state index contributed by atoms with van der Waals surface area (Å²) in [4.78, 5) is 11.5. The fraction of sp³-hybridized carbons (Fsp3) is 0.533. The van der Waals surface area contributed by atoms with E-state index in [0.29, 0.717) is 25.1 Å². The van der Waals surface area contributed by atoms with Crippen molar-refractivity contribution in [3.05, 3.63) is 23.8 Å². The number of hydrogen-bond acceptors (Lipinski definition) is 4. The first-order valence-corrected chi connectivity index (χ1v) is 6.72. The average Bonchev–Trinajstić information content (AvgIpc) is 2.48. The van der Waals surface area contributed by atoms with Crippen LogP contribution in [0.5, 0.6) is 11.5 Å². The van der Waals surface area contributed by atoms with Gasteiger partial charge in [-0.15, -0.1) is 0 Å². The van der Waals surface area contributed by atoms with E-state index in [1.165, 1.54) is 0 Å². The van der Waals surface area contributed by atoms with E-state index in [-0.39, 0.29) is 0 Å². The molecular weight excluding hydrogens is 258 g/mol. The summed E-state index contributed by atoms with van der Waals surface area (Å²) in [7, 11) is 3.19. The van der Waals surface area contributed by atoms with Gasteiger partial charge in [-0.2, -0.15) is 0 Å². The molecule has 112 valence electrons. The second kappa shape index (κ2) is 7.14. The van der Waals surface area contributed by atoms with Gasteiger partial charge in [0, 0.05) is 12.1 Å². The Bertz CT molecular complexity index is 455. The number of methoxy groups -OCH3 is 2. The number of carbonyl (C=O) groups is 1. The van der Waals surface area contributed by atoms with Crippen molar-refractivity contribution in [2.75, 3.05) is 14.2 Å². The van der Waals surface area contributed by atoms with E-state index in [1.807, 2.05) is 32.0 Å². The van der Waals surface area contributed by atoms with Crippen LogP contribution in [0.3, 0.4) is 0 Å². The van der Waals surface area contributed by atoms with Crippen molar-refractivity contribution in [2.45, 2.75) is 38.8 Å². The van der Waals surface area contributed by atoms with E-state index in [1.54, 1.807) is 14.2 Å². The highest BCUT2D eigenvalue weighted by molar-refractivity contribution is 5.78. The fourth-order valence-corrected chi connectivity index (χ4v) is 2.16. The third kappa shape index (κ3) is 3.42. The van der Waals surface area contributed by atoms with E-state index in [9.17, 15) is 9.90 Å². The first-order valence-electron chi connectivity index (χ1n) is 6.72. The number of benzene rings is 1. The zero-order valence-corrected chi connectivity index (χ0v) is 12.5. The third-order valence-corrected chi connectivity index (χ3v) is 3.72. The van der Waals surface area contributed by atoms with Crippen LogP contribution in [0.25, 0.3) is 0 Å². The summed E-state index contributed by atoms with van der Waals surface area (Å²) in [5.41, 5.74) is -0.0342. The molecule has 0 amide bonds. The maximum atomic E-state index is 11.5. The Balaban J connectivity index is 2.95. The lowest BCUT2D eigenvalue weighted by molar-refractivity contribution is -0.145. The molecule has 0 heterocycles. The van der Waals surface area contributed by atoms with Crippen molar-refractivity contribution in [3.8, 4) is 11.5 Å². The number of ether oxygens (including phenoxy) is 2. The van der Waals surface area contributed by atoms with Crippen LogP contribution < -0.4 is 14.8 Å². The summed E-state index contributed by atoms with van der Waals surface area (Å²) < 4.78 is 10.5. The number of aliphatic carboxylic acids is 1. The van der Waals surface area contributed by atoms with Crippen LogP contribution in [0.4, 0.5) is 0 Å². The predicted octanol–water partition coefficient (Wildman–Crippen LogP) is 2.44. The summed E-state index contributed by atoms with van der Waals surface area (Å²) in [6, 6.07) is 5.48. The molecule has 0 aliphatic rings. The molecule has 2 N–H and O–H groups in total. The maximum absolute atomic E-state index is 11.5. The second-order valence-corrected chi connectivity index (χ2v) is 4.63. The molecule has 1 aromatic carbocycles. The minimum Gasteiger partial charge on any atom is -0.497 e. The van der Waals surface area contributed by atoms with E-state index in [4.69, 9.17) is 9.47 Å². The van der Waals surface area contributed by atoms with Crippen LogP contribution in [0.15, 0.2) is 18.2 Å². The highest BCUT2D eigenvalue weighted by Gasteiger charge is 2.34. The average molecular weight is 281 g/mol. The molecule has 0 aliphatic carbocycles. The molecule has 0 aromatic heterocycles. The maximum Gasteiger partial charge on any atom is 0.323 e. The Kier molecular flexibility index (Phi) is 5.82. The van der Waals surface area contributed by atoms with Gasteiger partial charge in [0.25, 0.3) is 0 Å². The van der Waals surface area contributed by atoms with Gasteiger partial charge < -0.3 is 14.6 Å². The lowest BCUT2D eigenvalue weighted by Crippen LogP contribution is -2.50. The molecule has 0 saturated heterocycles. The van der Waals surface area contributed by atoms with E-state index < -0.39 is 11.5 Å². The minimum absolute atomic E-state index is 0.411. The van der Waals surface area contributed by atoms with Gasteiger partial charge in [-0.1, -0.05) is 13.8 Å². The Morgan fingerprint density at radius 1 is 1.25 bits per heavy atom. The molecule has 0 saturated carbocycles. The number of rotatable bonds is 8. The summed E-state index contributed by atoms with van der Waals surface area (Å²) in [6.07, 6.45) is 1.04. The molecule has 0 radical (unpaired) electrons. The smallest absolute Gasteiger partial charge is 0.323 e. The van der Waals surface area contributed by atoms with Gasteiger partial charge >= 0.3 is 5.97 Å². The molecule has 0 atom stereocenters. The van der Waals surface area contributed by atoms with Crippen LogP contribution in [0.1, 0.15) is 32.3 Å². The quantitative estimate of drug-likeness (QED) is 0.766. The van der Waals surface area contributed by atoms with Crippen LogP contribution in [-0.2, 0) is 11.3 Å². The monoisotopic (exact) mass is 281 g/mol. The van der Waals surface area contributed by atoms with E-state index in [2.05, 4.69) is 5.32 Å². The Morgan fingerprint density at radius 3 is 2.35 bits per heavy atom. The summed E-state index contributed by atoms with van der Waals surface area (Å²) >= 11 is 0. The summed E-state index contributed by atoms with van der Waals surface area (Å²) in [5, 5.41) is 12.5. The second-order valence-electron chi connectivity index (χ2n) is 4.63. The van der Waals surface area contributed by atoms with Crippen molar-refractivity contribution in [1.29, 1.82) is 0 Å². The lowest BCUT2D eigenvalue weighted by Gasteiger charge is -2.28. The molecule has 20 heavy (non-hydrogen) atoms. The normalized spacial score (nSPS) is 11.2. The molecular formula is C15H23NO4. The lowest BCUT2D eigenvalue weighted by atomic mass is 9.92. The zero-order valence-electron chi connectivity index (χ0n) is 12.5. The van der Waals surface area contributed by atoms with Gasteiger partial charge in [-0.25, -0.2) is 0 Å². The Morgan fingerprint density at radius 2 is 1.90 bits per heavy atom. The predicted molar refractivity (Wildman–Crippen MR) is 77.3 cm³/mol. The van der Waals surface area contributed by atoms with Gasteiger partial charge in [0.15, 0.2) is 0 Å². The number of hydrogen-bond donors (Lipinski definition) is 2. The molecule has 1 rings (SSSR count). The fourth-order valence-electron chi connectivity index (χ4n) is 2.16. The molecule has 0 fully saturated rings. The molecule has 5 nitrogen and oxygen atoms in total. The highest BCUT2D eigenvalue weighted by atomic mass is 16.5. The Hall–Kier alpha value is -1.75. The van der Waals surface area contributed by atoms with Gasteiger partial charge in [-0.05, 0) is 31.0 Å². The molecule has 1 aromatic rings. The number of nitrogens with one attached hydrogen (secondary N) is 1. The van der Waals surface area contributed by atoms with Crippen LogP contribution in [-0.4, -0.2) is 30.8 Å². The summed E-state index contributed by atoms with van der Waals surface area (Å²) in [6.45, 7) is 4.15. The van der Waals surface area contributed by atoms with Crippen LogP contribution >= 0.6 is 0 Å². The van der Waals surface area contributed by atoms with Gasteiger partial charge in [0.1, 0.15) is 17.0 Å². The van der Waals surface area contributed by atoms with Crippen molar-refractivity contribution in [2.24, 2.45) is 0 Å². The molecule has 5 heteroatoms. The first-order chi connectivity index (χ1) is 9.52. The van der Waals surface area contributed by atoms with E-state index in [0.717, 1.165) is 11.3 Å². The van der Waals surface area contributed by atoms with Gasteiger partial charge in [0.05, 0.1) is 14.2 Å². The summed E-state index contributed by atoms with van der Waals surface area (Å²) in [5.74, 6) is 0.602. The minimum atomic E-state index is -0.909. The molecule has 0 unspecified atom stereocenters. The topological polar surface area (TPSA) is 67.8 Å². The van der Waals surface area contributed by atoms with Crippen molar-refractivity contribution >= 4 is 5.97 Å². The molecule has 0 aliphatic heterocycles. The third-order valence-electron chi connectivity index (χ3n) is 3.72. The van der Waals surface area contributed by atoms with Crippen LogP contribution in [0.2, 0.25) is 0 Å². The van der Waals surface area contributed by atoms with Crippen molar-refractivity contribution < 1.29 is 19.4 Å². The van der Waals surface area contributed by atoms with Crippen molar-refractivity contribution in [3.63, 3.8) is 0 Å². The van der Waals surface area contributed by atoms with E-state index >= 15 is 0 Å². The Labute approximate surface area is 119 Å². The molecule has 0 spiro atoms. The largest absolute Gasteiger partial charge is 0.497 e. The van der Waals surface area contributed by atoms with Gasteiger partial charge in [0.2, 0.25) is 0 Å². The standard InChI is InChI=1S/C15H23NO4/c1-5-15(6-2,14(17)18)16-10-11-9-12(19-3)7-8-13(11)20-4/h7-9,16H,5-6,10H2,1-4H3,(H,17,18). The highest BCUT2D eigenvalue weighted by Crippen LogP contribution is 2.25. The SMILES string of the molecule is CCC(CC)(NCc1cc(OC)ccc1OC)C(=O)O. The van der Waals surface area contributed by atoms with Crippen LogP contribution in [0, 0.1) is 0 Å².